The highest BCUT2D eigenvalue weighted by Gasteiger charge is 2.22. The van der Waals surface area contributed by atoms with E-state index >= 15 is 0 Å². The molecular formula is C24H29ClN2O2. The highest BCUT2D eigenvalue weighted by Crippen LogP contribution is 2.35. The Morgan fingerprint density at radius 1 is 1.17 bits per heavy atom. The van der Waals surface area contributed by atoms with Crippen LogP contribution in [0.2, 0.25) is 5.02 Å². The number of methoxy groups -OCH3 is 1. The lowest BCUT2D eigenvalue weighted by atomic mass is 9.83. The van der Waals surface area contributed by atoms with Gasteiger partial charge in [-0.1, -0.05) is 56.6 Å². The molecule has 3 rings (SSSR count). The van der Waals surface area contributed by atoms with Crippen molar-refractivity contribution in [3.63, 3.8) is 0 Å². The molecule has 0 aliphatic rings. The third-order valence-corrected chi connectivity index (χ3v) is 5.48. The first-order valence-electron chi connectivity index (χ1n) is 9.92. The SMILES string of the molecule is COCCNC(=O)C[C@@H](c1ccc(C(C)(C)C)cc1)c1c[nH]c2ccc(Cl)cc12. The van der Waals surface area contributed by atoms with Gasteiger partial charge in [0.25, 0.3) is 0 Å². The van der Waals surface area contributed by atoms with Gasteiger partial charge in [0.15, 0.2) is 0 Å². The molecule has 0 unspecified atom stereocenters. The fourth-order valence-electron chi connectivity index (χ4n) is 3.58. The van der Waals surface area contributed by atoms with Gasteiger partial charge in [-0.15, -0.1) is 0 Å². The zero-order chi connectivity index (χ0) is 21.0. The molecule has 4 nitrogen and oxygen atoms in total. The third-order valence-electron chi connectivity index (χ3n) is 5.25. The van der Waals surface area contributed by atoms with Gasteiger partial charge in [-0.2, -0.15) is 0 Å². The molecule has 0 aliphatic carbocycles. The number of aromatic nitrogens is 1. The zero-order valence-electron chi connectivity index (χ0n) is 17.5. The molecule has 1 aromatic heterocycles. The average molecular weight is 413 g/mol. The first-order chi connectivity index (χ1) is 13.8. The summed E-state index contributed by atoms with van der Waals surface area (Å²) in [5, 5.41) is 4.67. The topological polar surface area (TPSA) is 54.1 Å². The Labute approximate surface area is 177 Å². The molecule has 5 heteroatoms. The van der Waals surface area contributed by atoms with Crippen molar-refractivity contribution >= 4 is 28.4 Å². The Kier molecular flexibility index (Phi) is 6.66. The number of amides is 1. The van der Waals surface area contributed by atoms with Gasteiger partial charge < -0.3 is 15.0 Å². The summed E-state index contributed by atoms with van der Waals surface area (Å²) in [4.78, 5) is 15.9. The number of carbonyl (C=O) groups is 1. The van der Waals surface area contributed by atoms with E-state index in [4.69, 9.17) is 16.3 Å². The number of ether oxygens (including phenoxy) is 1. The van der Waals surface area contributed by atoms with Gasteiger partial charge in [0.05, 0.1) is 6.61 Å². The van der Waals surface area contributed by atoms with Gasteiger partial charge in [0.2, 0.25) is 5.91 Å². The minimum atomic E-state index is -0.0706. The van der Waals surface area contributed by atoms with Crippen molar-refractivity contribution in [3.05, 3.63) is 70.4 Å². The number of halogens is 1. The third kappa shape index (κ3) is 5.20. The van der Waals surface area contributed by atoms with E-state index in [0.717, 1.165) is 22.0 Å². The van der Waals surface area contributed by atoms with E-state index in [0.29, 0.717) is 24.6 Å². The van der Waals surface area contributed by atoms with Crippen LogP contribution in [0.3, 0.4) is 0 Å². The molecule has 1 amide bonds. The van der Waals surface area contributed by atoms with Crippen molar-refractivity contribution in [2.75, 3.05) is 20.3 Å². The Morgan fingerprint density at radius 3 is 2.55 bits per heavy atom. The maximum absolute atomic E-state index is 12.6. The van der Waals surface area contributed by atoms with Gasteiger partial charge in [-0.3, -0.25) is 4.79 Å². The summed E-state index contributed by atoms with van der Waals surface area (Å²) in [5.41, 5.74) is 4.56. The number of benzene rings is 2. The normalized spacial score (nSPS) is 12.9. The summed E-state index contributed by atoms with van der Waals surface area (Å²) >= 11 is 6.25. The molecule has 3 aromatic rings. The fraction of sp³-hybridized carbons (Fsp3) is 0.375. The summed E-state index contributed by atoms with van der Waals surface area (Å²) < 4.78 is 5.04. The first kappa shape index (κ1) is 21.4. The minimum absolute atomic E-state index is 0.00308. The van der Waals surface area contributed by atoms with E-state index in [9.17, 15) is 4.79 Å². The Morgan fingerprint density at radius 2 is 1.90 bits per heavy atom. The van der Waals surface area contributed by atoms with E-state index in [2.05, 4.69) is 55.3 Å². The van der Waals surface area contributed by atoms with E-state index in [-0.39, 0.29) is 17.2 Å². The number of hydrogen-bond acceptors (Lipinski definition) is 2. The summed E-state index contributed by atoms with van der Waals surface area (Å²) in [7, 11) is 1.63. The molecule has 0 radical (unpaired) electrons. The molecule has 0 spiro atoms. The molecule has 29 heavy (non-hydrogen) atoms. The zero-order valence-corrected chi connectivity index (χ0v) is 18.3. The largest absolute Gasteiger partial charge is 0.383 e. The molecule has 2 aromatic carbocycles. The van der Waals surface area contributed by atoms with Crippen molar-refractivity contribution in [3.8, 4) is 0 Å². The molecule has 154 valence electrons. The predicted octanol–water partition coefficient (Wildman–Crippen LogP) is 5.40. The Hall–Kier alpha value is -2.30. The van der Waals surface area contributed by atoms with Crippen LogP contribution in [0.5, 0.6) is 0 Å². The molecule has 1 heterocycles. The molecular weight excluding hydrogens is 384 g/mol. The van der Waals surface area contributed by atoms with Crippen LogP contribution < -0.4 is 5.32 Å². The minimum Gasteiger partial charge on any atom is -0.383 e. The predicted molar refractivity (Wildman–Crippen MR) is 120 cm³/mol. The highest BCUT2D eigenvalue weighted by atomic mass is 35.5. The monoisotopic (exact) mass is 412 g/mol. The molecule has 0 saturated carbocycles. The molecule has 0 bridgehead atoms. The summed E-state index contributed by atoms with van der Waals surface area (Å²) in [6, 6.07) is 14.4. The van der Waals surface area contributed by atoms with Crippen LogP contribution >= 0.6 is 11.6 Å². The van der Waals surface area contributed by atoms with E-state index in [1.165, 1.54) is 5.56 Å². The van der Waals surface area contributed by atoms with Crippen LogP contribution in [0.1, 0.15) is 49.8 Å². The van der Waals surface area contributed by atoms with Gasteiger partial charge in [-0.25, -0.2) is 0 Å². The van der Waals surface area contributed by atoms with Crippen LogP contribution in [-0.4, -0.2) is 31.2 Å². The van der Waals surface area contributed by atoms with Crippen molar-refractivity contribution in [2.24, 2.45) is 0 Å². The number of hydrogen-bond donors (Lipinski definition) is 2. The van der Waals surface area contributed by atoms with E-state index in [1.807, 2.05) is 24.4 Å². The lowest BCUT2D eigenvalue weighted by Crippen LogP contribution is -2.28. The van der Waals surface area contributed by atoms with Crippen molar-refractivity contribution < 1.29 is 9.53 Å². The van der Waals surface area contributed by atoms with Crippen molar-refractivity contribution in [1.29, 1.82) is 0 Å². The van der Waals surface area contributed by atoms with E-state index in [1.54, 1.807) is 7.11 Å². The number of aromatic amines is 1. The number of carbonyl (C=O) groups excluding carboxylic acids is 1. The molecule has 0 aliphatic heterocycles. The number of H-pyrrole nitrogens is 1. The summed E-state index contributed by atoms with van der Waals surface area (Å²) in [5.74, 6) is -0.0675. The number of rotatable bonds is 7. The molecule has 2 N–H and O–H groups in total. The lowest BCUT2D eigenvalue weighted by molar-refractivity contribution is -0.121. The van der Waals surface area contributed by atoms with Gasteiger partial charge in [0.1, 0.15) is 0 Å². The van der Waals surface area contributed by atoms with Crippen LogP contribution in [0.15, 0.2) is 48.7 Å². The quantitative estimate of drug-likeness (QED) is 0.510. The summed E-state index contributed by atoms with van der Waals surface area (Å²) in [6.45, 7) is 7.60. The summed E-state index contributed by atoms with van der Waals surface area (Å²) in [6.07, 6.45) is 2.35. The van der Waals surface area contributed by atoms with Crippen molar-refractivity contribution in [2.45, 2.75) is 38.5 Å². The van der Waals surface area contributed by atoms with E-state index < -0.39 is 0 Å². The van der Waals surface area contributed by atoms with Crippen LogP contribution in [0.25, 0.3) is 10.9 Å². The first-order valence-corrected chi connectivity index (χ1v) is 10.3. The second-order valence-electron chi connectivity index (χ2n) is 8.41. The number of nitrogens with one attached hydrogen (secondary N) is 2. The smallest absolute Gasteiger partial charge is 0.221 e. The molecule has 1 atom stereocenters. The molecule has 0 fully saturated rings. The fourth-order valence-corrected chi connectivity index (χ4v) is 3.75. The highest BCUT2D eigenvalue weighted by molar-refractivity contribution is 6.31. The van der Waals surface area contributed by atoms with Crippen molar-refractivity contribution in [1.82, 2.24) is 10.3 Å². The van der Waals surface area contributed by atoms with Crippen LogP contribution in [0.4, 0.5) is 0 Å². The van der Waals surface area contributed by atoms with Crippen LogP contribution in [0, 0.1) is 0 Å². The second-order valence-corrected chi connectivity index (χ2v) is 8.84. The average Bonchev–Trinajstić information content (AvgIpc) is 3.08. The van der Waals surface area contributed by atoms with Gasteiger partial charge in [0, 0.05) is 48.1 Å². The molecule has 0 saturated heterocycles. The Balaban J connectivity index is 1.97. The lowest BCUT2D eigenvalue weighted by Gasteiger charge is -2.22. The standard InChI is InChI=1S/C24H29ClN2O2/c1-24(2,3)17-7-5-16(6-8-17)19(14-23(28)26-11-12-29-4)21-15-27-22-10-9-18(25)13-20(21)22/h5-10,13,15,19,27H,11-12,14H2,1-4H3,(H,26,28)/t19-/m0/s1. The second kappa shape index (κ2) is 9.02. The van der Waals surface area contributed by atoms with Gasteiger partial charge in [-0.05, 0) is 40.3 Å². The Bertz CT molecular complexity index is 971. The maximum atomic E-state index is 12.6. The maximum Gasteiger partial charge on any atom is 0.221 e. The van der Waals surface area contributed by atoms with Gasteiger partial charge >= 0.3 is 0 Å². The van der Waals surface area contributed by atoms with Crippen LogP contribution in [-0.2, 0) is 14.9 Å². The number of fused-ring (bicyclic) bond motifs is 1.